The van der Waals surface area contributed by atoms with Crippen LogP contribution in [-0.2, 0) is 0 Å². The minimum Gasteiger partial charge on any atom is -0.228 e. The van der Waals surface area contributed by atoms with Gasteiger partial charge in [-0.2, -0.15) is 0 Å². The summed E-state index contributed by atoms with van der Waals surface area (Å²) < 4.78 is 0. The van der Waals surface area contributed by atoms with Crippen molar-refractivity contribution in [2.24, 2.45) is 0 Å². The second kappa shape index (κ2) is 15.5. The van der Waals surface area contributed by atoms with Gasteiger partial charge in [-0.3, -0.25) is 0 Å². The molecule has 2 heterocycles. The van der Waals surface area contributed by atoms with Crippen molar-refractivity contribution in [1.29, 1.82) is 0 Å². The summed E-state index contributed by atoms with van der Waals surface area (Å²) in [4.78, 5) is 25.4. The van der Waals surface area contributed by atoms with Crippen molar-refractivity contribution in [3.05, 3.63) is 258 Å². The fraction of sp³-hybridized carbons (Fsp3) is 0.0328. The van der Waals surface area contributed by atoms with Crippen LogP contribution in [0, 0.1) is 0 Å². The van der Waals surface area contributed by atoms with Crippen LogP contribution in [0.3, 0.4) is 0 Å². The van der Waals surface area contributed by atoms with Crippen LogP contribution in [0.1, 0.15) is 45.2 Å². The molecule has 0 spiro atoms. The number of benzene rings is 9. The molecule has 2 bridgehead atoms. The number of fused-ring (bicyclic) bond motifs is 1. The van der Waals surface area contributed by atoms with Crippen LogP contribution < -0.4 is 0 Å². The lowest BCUT2D eigenvalue weighted by atomic mass is 9.60. The van der Waals surface area contributed by atoms with Crippen molar-refractivity contribution in [2.45, 2.75) is 11.8 Å². The predicted molar refractivity (Wildman–Crippen MR) is 266 cm³/mol. The normalized spacial score (nSPS) is 14.4. The van der Waals surface area contributed by atoms with E-state index in [1.165, 1.54) is 49.7 Å². The molecule has 5 nitrogen and oxygen atoms in total. The Hall–Kier alpha value is -8.67. The van der Waals surface area contributed by atoms with E-state index in [0.717, 1.165) is 50.3 Å². The number of hydrogen-bond acceptors (Lipinski definition) is 5. The van der Waals surface area contributed by atoms with Crippen LogP contribution in [0.4, 0.5) is 0 Å². The molecule has 0 N–H and O–H groups in total. The van der Waals surface area contributed by atoms with E-state index in [1.54, 1.807) is 0 Å². The molecule has 11 aromatic rings. The summed E-state index contributed by atoms with van der Waals surface area (Å²) in [5.74, 6) is 2.89. The van der Waals surface area contributed by atoms with Crippen molar-refractivity contribution in [3.63, 3.8) is 0 Å². The van der Waals surface area contributed by atoms with E-state index in [0.29, 0.717) is 23.3 Å². The average molecular weight is 842 g/mol. The van der Waals surface area contributed by atoms with Gasteiger partial charge in [-0.05, 0) is 73.5 Å². The van der Waals surface area contributed by atoms with Crippen molar-refractivity contribution < 1.29 is 0 Å². The van der Waals surface area contributed by atoms with Gasteiger partial charge in [0.05, 0.1) is 11.4 Å². The first-order valence-electron chi connectivity index (χ1n) is 22.5. The van der Waals surface area contributed by atoms with Gasteiger partial charge in [-0.1, -0.05) is 206 Å². The van der Waals surface area contributed by atoms with E-state index < -0.39 is 0 Å². The molecular weight excluding hydrogens is 803 g/mol. The van der Waals surface area contributed by atoms with Crippen LogP contribution in [-0.4, -0.2) is 24.9 Å². The second-order valence-electron chi connectivity index (χ2n) is 17.2. The Bertz CT molecular complexity index is 3580. The lowest BCUT2D eigenvalue weighted by Gasteiger charge is -2.42. The Balaban J connectivity index is 0.874. The smallest absolute Gasteiger partial charge is 0.164 e. The summed E-state index contributed by atoms with van der Waals surface area (Å²) in [6.07, 6.45) is 0. The molecule has 2 unspecified atom stereocenters. The highest BCUT2D eigenvalue weighted by molar-refractivity contribution is 5.96. The van der Waals surface area contributed by atoms with Gasteiger partial charge in [-0.25, -0.2) is 24.9 Å². The third-order valence-corrected chi connectivity index (χ3v) is 13.3. The molecule has 3 aliphatic rings. The van der Waals surface area contributed by atoms with Crippen LogP contribution in [0.25, 0.3) is 90.0 Å². The second-order valence-corrected chi connectivity index (χ2v) is 17.2. The molecule has 14 rings (SSSR count). The third kappa shape index (κ3) is 6.43. The molecule has 66 heavy (non-hydrogen) atoms. The fourth-order valence-electron chi connectivity index (χ4n) is 10.2. The number of nitrogens with zero attached hydrogens (tertiary/aromatic N) is 5. The topological polar surface area (TPSA) is 64.5 Å². The van der Waals surface area contributed by atoms with Gasteiger partial charge in [0.25, 0.3) is 0 Å². The summed E-state index contributed by atoms with van der Waals surface area (Å²) in [6, 6.07) is 79.4. The number of rotatable bonds is 7. The number of aromatic nitrogens is 5. The summed E-state index contributed by atoms with van der Waals surface area (Å²) in [5, 5.41) is 2.36. The van der Waals surface area contributed by atoms with Gasteiger partial charge >= 0.3 is 0 Å². The first-order valence-corrected chi connectivity index (χ1v) is 22.5. The molecule has 0 saturated heterocycles. The Morgan fingerprint density at radius 3 is 1.27 bits per heavy atom. The summed E-state index contributed by atoms with van der Waals surface area (Å²) in [6.45, 7) is 0. The van der Waals surface area contributed by atoms with Crippen LogP contribution in [0.2, 0.25) is 0 Å². The van der Waals surface area contributed by atoms with Crippen LogP contribution in [0.15, 0.2) is 224 Å². The van der Waals surface area contributed by atoms with Gasteiger partial charge < -0.3 is 0 Å². The molecule has 0 radical (unpaired) electrons. The quantitative estimate of drug-likeness (QED) is 0.160. The van der Waals surface area contributed by atoms with E-state index in [-0.39, 0.29) is 11.8 Å². The molecule has 3 aliphatic carbocycles. The Morgan fingerprint density at radius 1 is 0.242 bits per heavy atom. The predicted octanol–water partition coefficient (Wildman–Crippen LogP) is 14.5. The van der Waals surface area contributed by atoms with Crippen molar-refractivity contribution >= 4 is 10.8 Å². The van der Waals surface area contributed by atoms with Gasteiger partial charge in [0.2, 0.25) is 0 Å². The summed E-state index contributed by atoms with van der Waals surface area (Å²) in [5.41, 5.74) is 18.3. The van der Waals surface area contributed by atoms with Crippen molar-refractivity contribution in [3.8, 4) is 79.2 Å². The van der Waals surface area contributed by atoms with Gasteiger partial charge in [0, 0.05) is 45.2 Å². The Kier molecular flexibility index (Phi) is 8.91. The molecule has 9 aromatic carbocycles. The zero-order valence-corrected chi connectivity index (χ0v) is 35.8. The maximum Gasteiger partial charge on any atom is 0.164 e. The van der Waals surface area contributed by atoms with E-state index in [1.807, 2.05) is 54.6 Å². The van der Waals surface area contributed by atoms with Crippen molar-refractivity contribution in [2.75, 3.05) is 0 Å². The molecule has 5 heteroatoms. The summed E-state index contributed by atoms with van der Waals surface area (Å²) in [7, 11) is 0. The molecule has 2 aromatic heterocycles. The van der Waals surface area contributed by atoms with Gasteiger partial charge in [0.15, 0.2) is 23.3 Å². The molecule has 2 atom stereocenters. The minimum absolute atomic E-state index is 0.0871. The third-order valence-electron chi connectivity index (χ3n) is 13.3. The van der Waals surface area contributed by atoms with Crippen LogP contribution in [0.5, 0.6) is 0 Å². The average Bonchev–Trinajstić information content (AvgIpc) is 3.40. The molecule has 0 aliphatic heterocycles. The minimum atomic E-state index is 0.0871. The molecular formula is C61H39N5. The maximum atomic E-state index is 5.15. The summed E-state index contributed by atoms with van der Waals surface area (Å²) >= 11 is 0. The van der Waals surface area contributed by atoms with E-state index >= 15 is 0 Å². The zero-order chi connectivity index (χ0) is 43.6. The lowest BCUT2D eigenvalue weighted by molar-refractivity contribution is 0.755. The van der Waals surface area contributed by atoms with Crippen molar-refractivity contribution in [1.82, 2.24) is 24.9 Å². The highest BCUT2D eigenvalue weighted by atomic mass is 15.0. The molecule has 0 fully saturated rings. The van der Waals surface area contributed by atoms with Gasteiger partial charge in [0.1, 0.15) is 0 Å². The Labute approximate surface area is 382 Å². The van der Waals surface area contributed by atoms with Gasteiger partial charge in [-0.15, -0.1) is 0 Å². The van der Waals surface area contributed by atoms with E-state index in [4.69, 9.17) is 24.9 Å². The first kappa shape index (κ1) is 37.8. The zero-order valence-electron chi connectivity index (χ0n) is 35.8. The highest BCUT2D eigenvalue weighted by Gasteiger charge is 2.41. The molecule has 0 saturated carbocycles. The van der Waals surface area contributed by atoms with Crippen LogP contribution >= 0.6 is 0 Å². The fourth-order valence-corrected chi connectivity index (χ4v) is 10.2. The van der Waals surface area contributed by atoms with E-state index in [2.05, 4.69) is 170 Å². The monoisotopic (exact) mass is 841 g/mol. The van der Waals surface area contributed by atoms with E-state index in [9.17, 15) is 0 Å². The SMILES string of the molecule is c1ccc(-c2nc(-c3ccc(-c4ccc5c(c4)C4c6ccccc6C5c5cc(-c6nc(-c7ccccc7)nc(-c7ccccc7)n6)ccc54)cc3)cc(-c3cccc4ccccc34)n2)cc1. The lowest BCUT2D eigenvalue weighted by Crippen LogP contribution is -2.27. The largest absolute Gasteiger partial charge is 0.228 e. The maximum absolute atomic E-state index is 5.15. The highest BCUT2D eigenvalue weighted by Crippen LogP contribution is 2.56. The molecule has 0 amide bonds. The first-order chi connectivity index (χ1) is 32.7. The Morgan fingerprint density at radius 2 is 0.667 bits per heavy atom. The standard InChI is InChI=1S/C61H39N5/c1-4-16-41(17-5-1)58-62-54(37-55(63-58)47-26-14-22-39-15-10-11-23-46(39)47)40-29-27-38(28-30-40)44-31-33-50-52(35-44)56-48-24-12-13-25-49(48)57(50)53-36-45(32-34-51(53)56)61-65-59(42-18-6-2-7-19-42)64-60(66-61)43-20-8-3-9-21-43/h1-37,56-57H. The molecule has 308 valence electrons. The number of hydrogen-bond donors (Lipinski definition) is 0.